The molecule has 9 aromatic carbocycles. The number of para-hydroxylation sites is 4. The summed E-state index contributed by atoms with van der Waals surface area (Å²) in [7, 11) is 2.16. The molecule has 278 valence electrons. The zero-order valence-corrected chi connectivity index (χ0v) is 32.6. The van der Waals surface area contributed by atoms with Crippen LogP contribution in [0.5, 0.6) is 0 Å². The second kappa shape index (κ2) is 13.0. The second-order valence-corrected chi connectivity index (χ2v) is 15.8. The molecular weight excluding hydrogens is 715 g/mol. The van der Waals surface area contributed by atoms with Gasteiger partial charge in [0.2, 0.25) is 0 Å². The molecule has 2 aliphatic carbocycles. The van der Waals surface area contributed by atoms with Gasteiger partial charge in [-0.2, -0.15) is 0 Å². The number of aromatic nitrogens is 1. The Hall–Kier alpha value is -7.62. The second-order valence-electron chi connectivity index (χ2n) is 15.8. The lowest BCUT2D eigenvalue weighted by Crippen LogP contribution is -2.26. The van der Waals surface area contributed by atoms with Crippen LogP contribution in [0.3, 0.4) is 0 Å². The predicted molar refractivity (Wildman–Crippen MR) is 246 cm³/mol. The van der Waals surface area contributed by atoms with E-state index in [1.807, 2.05) is 0 Å². The van der Waals surface area contributed by atoms with Crippen molar-refractivity contribution in [3.8, 4) is 22.3 Å². The Morgan fingerprint density at radius 1 is 0.305 bits per heavy atom. The molecule has 1 atom stereocenters. The molecule has 0 radical (unpaired) electrons. The summed E-state index contributed by atoms with van der Waals surface area (Å²) in [4.78, 5) is 4.80. The van der Waals surface area contributed by atoms with E-state index in [1.54, 1.807) is 0 Å². The van der Waals surface area contributed by atoms with Gasteiger partial charge in [0.1, 0.15) is 0 Å². The van der Waals surface area contributed by atoms with Gasteiger partial charge in [0.05, 0.1) is 5.41 Å². The van der Waals surface area contributed by atoms with E-state index in [0.717, 1.165) is 34.1 Å². The van der Waals surface area contributed by atoms with Crippen molar-refractivity contribution >= 4 is 55.9 Å². The minimum atomic E-state index is -0.501. The van der Waals surface area contributed by atoms with Gasteiger partial charge in [-0.1, -0.05) is 133 Å². The summed E-state index contributed by atoms with van der Waals surface area (Å²) in [5.74, 6) is 0. The monoisotopic (exact) mass is 753 g/mol. The fourth-order valence-electron chi connectivity index (χ4n) is 10.3. The molecule has 1 spiro atoms. The van der Waals surface area contributed by atoms with Crippen LogP contribution in [0.15, 0.2) is 218 Å². The van der Waals surface area contributed by atoms with E-state index in [2.05, 4.69) is 240 Å². The summed E-state index contributed by atoms with van der Waals surface area (Å²) in [6.07, 6.45) is 0. The van der Waals surface area contributed by atoms with Crippen LogP contribution in [-0.4, -0.2) is 4.57 Å². The standard InChI is InChI=1S/C56H39N3/c1-57-54-28-16-13-25-47(54)49-36-42(31-34-55(49)57)59(40-21-9-4-10-22-40)43-29-32-46-44-23-11-14-26-50(44)56(53(46)37-43)51-27-15-12-24-45(51)48-35-41(30-33-52(48)56)58(38-17-5-2-6-18-38)39-19-7-3-8-20-39/h2-37H,1H3. The lowest BCUT2D eigenvalue weighted by atomic mass is 9.70. The van der Waals surface area contributed by atoms with E-state index in [-0.39, 0.29) is 0 Å². The summed E-state index contributed by atoms with van der Waals surface area (Å²) in [6, 6.07) is 80.3. The minimum absolute atomic E-state index is 0.501. The number of anilines is 6. The first-order valence-corrected chi connectivity index (χ1v) is 20.4. The van der Waals surface area contributed by atoms with Crippen molar-refractivity contribution < 1.29 is 0 Å². The molecule has 0 aliphatic heterocycles. The fraction of sp³-hybridized carbons (Fsp3) is 0.0357. The van der Waals surface area contributed by atoms with E-state index in [1.165, 1.54) is 66.3 Å². The molecule has 1 heterocycles. The Balaban J connectivity index is 1.09. The summed E-state index contributed by atoms with van der Waals surface area (Å²) in [6.45, 7) is 0. The number of aryl methyl sites for hydroxylation is 1. The highest BCUT2D eigenvalue weighted by atomic mass is 15.1. The van der Waals surface area contributed by atoms with Crippen molar-refractivity contribution in [2.45, 2.75) is 5.41 Å². The number of hydrogen-bond acceptors (Lipinski definition) is 2. The molecule has 0 amide bonds. The average molecular weight is 754 g/mol. The zero-order chi connectivity index (χ0) is 39.1. The van der Waals surface area contributed by atoms with Crippen molar-refractivity contribution in [2.75, 3.05) is 9.80 Å². The van der Waals surface area contributed by atoms with Crippen molar-refractivity contribution in [1.82, 2.24) is 4.57 Å². The van der Waals surface area contributed by atoms with Gasteiger partial charge in [0, 0.05) is 63.0 Å². The molecule has 0 bridgehead atoms. The van der Waals surface area contributed by atoms with Gasteiger partial charge in [-0.15, -0.1) is 0 Å². The van der Waals surface area contributed by atoms with Crippen LogP contribution in [0.1, 0.15) is 22.3 Å². The average Bonchev–Trinajstić information content (AvgIpc) is 3.88. The van der Waals surface area contributed by atoms with Gasteiger partial charge < -0.3 is 14.4 Å². The SMILES string of the molecule is Cn1c2ccccc2c2cc(N(c3ccccc3)c3ccc4c(c3)C3(c5ccccc5-c5cc(N(c6ccccc6)c6ccccc6)ccc53)c3ccccc3-4)ccc21. The maximum atomic E-state index is 2.48. The normalized spacial score (nSPS) is 14.6. The maximum Gasteiger partial charge on any atom is 0.0726 e. The first-order valence-electron chi connectivity index (χ1n) is 20.4. The Bertz CT molecular complexity index is 3200. The van der Waals surface area contributed by atoms with Crippen LogP contribution in [0.2, 0.25) is 0 Å². The van der Waals surface area contributed by atoms with Gasteiger partial charge in [0.25, 0.3) is 0 Å². The van der Waals surface area contributed by atoms with Gasteiger partial charge >= 0.3 is 0 Å². The van der Waals surface area contributed by atoms with E-state index >= 15 is 0 Å². The van der Waals surface area contributed by atoms with Gasteiger partial charge in [-0.25, -0.2) is 0 Å². The van der Waals surface area contributed by atoms with Crippen molar-refractivity contribution in [3.05, 3.63) is 241 Å². The Labute approximate surface area is 344 Å². The highest BCUT2D eigenvalue weighted by Crippen LogP contribution is 2.64. The van der Waals surface area contributed by atoms with E-state index in [0.29, 0.717) is 0 Å². The Morgan fingerprint density at radius 3 is 1.41 bits per heavy atom. The van der Waals surface area contributed by atoms with Crippen molar-refractivity contribution in [2.24, 2.45) is 7.05 Å². The van der Waals surface area contributed by atoms with Crippen LogP contribution < -0.4 is 9.80 Å². The molecule has 0 saturated heterocycles. The summed E-state index contributed by atoms with van der Waals surface area (Å²) < 4.78 is 2.30. The molecule has 0 N–H and O–H groups in total. The first-order chi connectivity index (χ1) is 29.2. The lowest BCUT2D eigenvalue weighted by Gasteiger charge is -2.32. The third-order valence-corrected chi connectivity index (χ3v) is 12.8. The van der Waals surface area contributed by atoms with Crippen LogP contribution in [-0.2, 0) is 12.5 Å². The number of hydrogen-bond donors (Lipinski definition) is 0. The van der Waals surface area contributed by atoms with E-state index in [9.17, 15) is 0 Å². The summed E-state index contributed by atoms with van der Waals surface area (Å²) in [5, 5.41) is 2.51. The summed E-state index contributed by atoms with van der Waals surface area (Å²) in [5.41, 5.74) is 19.1. The maximum absolute atomic E-state index is 2.48. The molecule has 12 rings (SSSR count). The molecule has 3 heteroatoms. The quantitative estimate of drug-likeness (QED) is 0.168. The van der Waals surface area contributed by atoms with Crippen LogP contribution in [0.25, 0.3) is 44.1 Å². The Morgan fingerprint density at radius 2 is 0.746 bits per heavy atom. The van der Waals surface area contributed by atoms with Crippen molar-refractivity contribution in [3.63, 3.8) is 0 Å². The molecular formula is C56H39N3. The number of rotatable bonds is 6. The molecule has 1 unspecified atom stereocenters. The fourth-order valence-corrected chi connectivity index (χ4v) is 10.3. The summed E-state index contributed by atoms with van der Waals surface area (Å²) >= 11 is 0. The van der Waals surface area contributed by atoms with Gasteiger partial charge in [-0.3, -0.25) is 0 Å². The molecule has 59 heavy (non-hydrogen) atoms. The first kappa shape index (κ1) is 33.5. The van der Waals surface area contributed by atoms with Crippen LogP contribution >= 0.6 is 0 Å². The number of benzene rings is 9. The van der Waals surface area contributed by atoms with E-state index in [4.69, 9.17) is 0 Å². The molecule has 3 nitrogen and oxygen atoms in total. The third-order valence-electron chi connectivity index (χ3n) is 12.8. The molecule has 10 aromatic rings. The van der Waals surface area contributed by atoms with Gasteiger partial charge in [-0.05, 0) is 129 Å². The molecule has 0 saturated carbocycles. The zero-order valence-electron chi connectivity index (χ0n) is 32.6. The van der Waals surface area contributed by atoms with Crippen LogP contribution in [0.4, 0.5) is 34.1 Å². The third kappa shape index (κ3) is 4.82. The smallest absolute Gasteiger partial charge is 0.0726 e. The lowest BCUT2D eigenvalue weighted by molar-refractivity contribution is 0.793. The molecule has 2 aliphatic rings. The largest absolute Gasteiger partial charge is 0.344 e. The highest BCUT2D eigenvalue weighted by Gasteiger charge is 2.52. The topological polar surface area (TPSA) is 11.4 Å². The van der Waals surface area contributed by atoms with E-state index < -0.39 is 5.41 Å². The minimum Gasteiger partial charge on any atom is -0.344 e. The van der Waals surface area contributed by atoms with Gasteiger partial charge in [0.15, 0.2) is 0 Å². The number of fused-ring (bicyclic) bond motifs is 13. The van der Waals surface area contributed by atoms with Crippen LogP contribution in [0, 0.1) is 0 Å². The number of nitrogens with zero attached hydrogens (tertiary/aromatic N) is 3. The van der Waals surface area contributed by atoms with Crippen molar-refractivity contribution in [1.29, 1.82) is 0 Å². The highest BCUT2D eigenvalue weighted by molar-refractivity contribution is 6.09. The molecule has 0 fully saturated rings. The predicted octanol–water partition coefficient (Wildman–Crippen LogP) is 14.6. The Kier molecular flexibility index (Phi) is 7.36. The molecule has 1 aromatic heterocycles.